The summed E-state index contributed by atoms with van der Waals surface area (Å²) in [7, 11) is -3.56. The highest BCUT2D eigenvalue weighted by atomic mass is 35.5. The molecule has 5 nitrogen and oxygen atoms in total. The van der Waals surface area contributed by atoms with Crippen molar-refractivity contribution in [3.8, 4) is 0 Å². The third-order valence-electron chi connectivity index (χ3n) is 4.64. The number of anilines is 1. The van der Waals surface area contributed by atoms with Crippen molar-refractivity contribution >= 4 is 45.0 Å². The SMILES string of the molecule is CSc1ccccc1NC(=O)C1CCN(S(=O)(=O)c2ccc(Cl)cc2)CC1. The normalized spacial score (nSPS) is 16.2. The van der Waals surface area contributed by atoms with Crippen molar-refractivity contribution in [2.45, 2.75) is 22.6 Å². The Kier molecular flexibility index (Phi) is 6.47. The van der Waals surface area contributed by atoms with Gasteiger partial charge in [0, 0.05) is 28.9 Å². The van der Waals surface area contributed by atoms with Crippen molar-refractivity contribution in [2.75, 3.05) is 24.7 Å². The maximum absolute atomic E-state index is 12.7. The molecule has 144 valence electrons. The molecule has 8 heteroatoms. The number of amides is 1. The van der Waals surface area contributed by atoms with Gasteiger partial charge < -0.3 is 5.32 Å². The van der Waals surface area contributed by atoms with Crippen LogP contribution in [0.5, 0.6) is 0 Å². The number of hydrogen-bond donors (Lipinski definition) is 1. The van der Waals surface area contributed by atoms with E-state index in [1.54, 1.807) is 23.9 Å². The van der Waals surface area contributed by atoms with E-state index in [0.717, 1.165) is 10.6 Å². The molecule has 2 aromatic rings. The highest BCUT2D eigenvalue weighted by Crippen LogP contribution is 2.28. The summed E-state index contributed by atoms with van der Waals surface area (Å²) in [4.78, 5) is 13.8. The fourth-order valence-electron chi connectivity index (χ4n) is 3.10. The largest absolute Gasteiger partial charge is 0.325 e. The number of nitrogens with zero attached hydrogens (tertiary/aromatic N) is 1. The second-order valence-electron chi connectivity index (χ2n) is 6.32. The molecule has 3 rings (SSSR count). The maximum atomic E-state index is 12.7. The van der Waals surface area contributed by atoms with Crippen LogP contribution < -0.4 is 5.32 Å². The van der Waals surface area contributed by atoms with Gasteiger partial charge in [-0.05, 0) is 55.5 Å². The standard InChI is InChI=1S/C19H21ClN2O3S2/c1-26-18-5-3-2-4-17(18)21-19(23)14-10-12-22(13-11-14)27(24,25)16-8-6-15(20)7-9-16/h2-9,14H,10-13H2,1H3,(H,21,23). The fourth-order valence-corrected chi connectivity index (χ4v) is 5.25. The average Bonchev–Trinajstić information content (AvgIpc) is 2.69. The number of piperidine rings is 1. The predicted octanol–water partition coefficient (Wildman–Crippen LogP) is 4.10. The van der Waals surface area contributed by atoms with Crippen LogP contribution in [0.2, 0.25) is 5.02 Å². The average molecular weight is 425 g/mol. The van der Waals surface area contributed by atoms with Gasteiger partial charge in [-0.15, -0.1) is 11.8 Å². The summed E-state index contributed by atoms with van der Waals surface area (Å²) >= 11 is 7.41. The van der Waals surface area contributed by atoms with Gasteiger partial charge in [-0.25, -0.2) is 8.42 Å². The Balaban J connectivity index is 1.63. The number of para-hydroxylation sites is 1. The topological polar surface area (TPSA) is 66.5 Å². The number of halogens is 1. The quantitative estimate of drug-likeness (QED) is 0.734. The van der Waals surface area contributed by atoms with Crippen molar-refractivity contribution < 1.29 is 13.2 Å². The van der Waals surface area contributed by atoms with Crippen LogP contribution in [0.4, 0.5) is 5.69 Å². The Bertz CT molecular complexity index is 909. The molecule has 0 atom stereocenters. The summed E-state index contributed by atoms with van der Waals surface area (Å²) in [5.41, 5.74) is 0.797. The Hall–Kier alpha value is -1.54. The van der Waals surface area contributed by atoms with Crippen molar-refractivity contribution in [1.82, 2.24) is 4.31 Å². The van der Waals surface area contributed by atoms with E-state index in [4.69, 9.17) is 11.6 Å². The van der Waals surface area contributed by atoms with Crippen molar-refractivity contribution in [3.05, 3.63) is 53.6 Å². The van der Waals surface area contributed by atoms with Gasteiger partial charge in [0.25, 0.3) is 0 Å². The van der Waals surface area contributed by atoms with Gasteiger partial charge in [0.15, 0.2) is 0 Å². The third kappa shape index (κ3) is 4.66. The molecule has 1 saturated heterocycles. The first-order valence-electron chi connectivity index (χ1n) is 8.61. The molecule has 0 saturated carbocycles. The monoisotopic (exact) mass is 424 g/mol. The second kappa shape index (κ2) is 8.65. The molecular formula is C19H21ClN2O3S2. The summed E-state index contributed by atoms with van der Waals surface area (Å²) in [6.07, 6.45) is 2.96. The van der Waals surface area contributed by atoms with Crippen LogP contribution in [-0.4, -0.2) is 38.0 Å². The van der Waals surface area contributed by atoms with E-state index in [0.29, 0.717) is 31.0 Å². The Morgan fingerprint density at radius 1 is 1.11 bits per heavy atom. The first-order valence-corrected chi connectivity index (χ1v) is 11.7. The van der Waals surface area contributed by atoms with Crippen LogP contribution in [0.3, 0.4) is 0 Å². The lowest BCUT2D eigenvalue weighted by Gasteiger charge is -2.30. The molecule has 1 fully saturated rings. The number of hydrogen-bond acceptors (Lipinski definition) is 4. The number of thioether (sulfide) groups is 1. The third-order valence-corrected chi connectivity index (χ3v) is 7.60. The lowest BCUT2D eigenvalue weighted by molar-refractivity contribution is -0.120. The van der Waals surface area contributed by atoms with E-state index in [-0.39, 0.29) is 16.7 Å². The number of carbonyl (C=O) groups is 1. The van der Waals surface area contributed by atoms with Crippen LogP contribution >= 0.6 is 23.4 Å². The van der Waals surface area contributed by atoms with E-state index >= 15 is 0 Å². The minimum atomic E-state index is -3.56. The summed E-state index contributed by atoms with van der Waals surface area (Å²) < 4.78 is 26.9. The molecule has 27 heavy (non-hydrogen) atoms. The van der Waals surface area contributed by atoms with Gasteiger partial charge in [-0.3, -0.25) is 4.79 Å². The molecule has 1 heterocycles. The number of rotatable bonds is 5. The van der Waals surface area contributed by atoms with E-state index in [9.17, 15) is 13.2 Å². The van der Waals surface area contributed by atoms with Crippen LogP contribution in [0.1, 0.15) is 12.8 Å². The zero-order valence-electron chi connectivity index (χ0n) is 14.9. The van der Waals surface area contributed by atoms with Crippen LogP contribution in [0, 0.1) is 5.92 Å². The van der Waals surface area contributed by atoms with Gasteiger partial charge in [0.2, 0.25) is 15.9 Å². The second-order valence-corrected chi connectivity index (χ2v) is 9.54. The molecular weight excluding hydrogens is 404 g/mol. The minimum absolute atomic E-state index is 0.0555. The molecule has 1 N–H and O–H groups in total. The molecule has 0 unspecified atom stereocenters. The number of nitrogens with one attached hydrogen (secondary N) is 1. The molecule has 0 spiro atoms. The van der Waals surface area contributed by atoms with Crippen molar-refractivity contribution in [1.29, 1.82) is 0 Å². The van der Waals surface area contributed by atoms with Gasteiger partial charge in [-0.1, -0.05) is 23.7 Å². The highest BCUT2D eigenvalue weighted by molar-refractivity contribution is 7.98. The number of carbonyl (C=O) groups excluding carboxylic acids is 1. The lowest BCUT2D eigenvalue weighted by atomic mass is 9.97. The lowest BCUT2D eigenvalue weighted by Crippen LogP contribution is -2.41. The van der Waals surface area contributed by atoms with Crippen LogP contribution in [0.15, 0.2) is 58.3 Å². The zero-order valence-corrected chi connectivity index (χ0v) is 17.3. The molecule has 2 aromatic carbocycles. The maximum Gasteiger partial charge on any atom is 0.243 e. The van der Waals surface area contributed by atoms with Crippen molar-refractivity contribution in [3.63, 3.8) is 0 Å². The van der Waals surface area contributed by atoms with Crippen molar-refractivity contribution in [2.24, 2.45) is 5.92 Å². The van der Waals surface area contributed by atoms with E-state index in [1.807, 2.05) is 30.5 Å². The van der Waals surface area contributed by atoms with E-state index in [1.165, 1.54) is 16.4 Å². The van der Waals surface area contributed by atoms with Gasteiger partial charge in [-0.2, -0.15) is 4.31 Å². The predicted molar refractivity (Wildman–Crippen MR) is 110 cm³/mol. The van der Waals surface area contributed by atoms with Crippen LogP contribution in [-0.2, 0) is 14.8 Å². The Morgan fingerprint density at radius 2 is 1.74 bits per heavy atom. The zero-order chi connectivity index (χ0) is 19.4. The summed E-state index contributed by atoms with van der Waals surface area (Å²) in [5, 5.41) is 3.48. The number of sulfonamides is 1. The molecule has 1 aliphatic rings. The first-order chi connectivity index (χ1) is 12.9. The Morgan fingerprint density at radius 3 is 2.37 bits per heavy atom. The summed E-state index contributed by atoms with van der Waals surface area (Å²) in [6.45, 7) is 0.653. The summed E-state index contributed by atoms with van der Waals surface area (Å²) in [6, 6.07) is 13.8. The molecule has 1 amide bonds. The van der Waals surface area contributed by atoms with Gasteiger partial charge in [0.05, 0.1) is 10.6 Å². The first kappa shape index (κ1) is 20.2. The molecule has 0 aliphatic carbocycles. The highest BCUT2D eigenvalue weighted by Gasteiger charge is 2.32. The van der Waals surface area contributed by atoms with Gasteiger partial charge in [0.1, 0.15) is 0 Å². The van der Waals surface area contributed by atoms with E-state index < -0.39 is 10.0 Å². The molecule has 1 aliphatic heterocycles. The fraction of sp³-hybridized carbons (Fsp3) is 0.316. The summed E-state index contributed by atoms with van der Waals surface area (Å²) in [5.74, 6) is -0.253. The molecule has 0 aromatic heterocycles. The molecule has 0 bridgehead atoms. The Labute approximate surface area is 169 Å². The minimum Gasteiger partial charge on any atom is -0.325 e. The van der Waals surface area contributed by atoms with E-state index in [2.05, 4.69) is 5.32 Å². The van der Waals surface area contributed by atoms with Crippen LogP contribution in [0.25, 0.3) is 0 Å². The number of benzene rings is 2. The molecule has 0 radical (unpaired) electrons. The smallest absolute Gasteiger partial charge is 0.243 e. The van der Waals surface area contributed by atoms with Gasteiger partial charge >= 0.3 is 0 Å².